The number of nitriles is 3. The highest BCUT2D eigenvalue weighted by atomic mass is 16.5. The Balaban J connectivity index is 2.93. The first-order valence-corrected chi connectivity index (χ1v) is 11.1. The molecule has 0 bridgehead atoms. The molecule has 180 valence electrons. The average Bonchev–Trinajstić information content (AvgIpc) is 2.81. The van der Waals surface area contributed by atoms with Gasteiger partial charge in [0, 0.05) is 19.6 Å². The van der Waals surface area contributed by atoms with Crippen LogP contribution in [0.3, 0.4) is 0 Å². The van der Waals surface area contributed by atoms with Gasteiger partial charge in [0.15, 0.2) is 0 Å². The smallest absolute Gasteiger partial charge is 0.336 e. The maximum atomic E-state index is 12.9. The van der Waals surface area contributed by atoms with Crippen molar-refractivity contribution in [3.8, 4) is 18.8 Å². The topological polar surface area (TPSA) is 165 Å². The lowest BCUT2D eigenvalue weighted by Gasteiger charge is -2.14. The van der Waals surface area contributed by atoms with E-state index >= 15 is 0 Å². The third-order valence-electron chi connectivity index (χ3n) is 4.96. The summed E-state index contributed by atoms with van der Waals surface area (Å²) in [7, 11) is 0. The van der Waals surface area contributed by atoms with Crippen LogP contribution in [0.2, 0.25) is 0 Å². The van der Waals surface area contributed by atoms with Crippen molar-refractivity contribution in [2.75, 3.05) is 19.8 Å². The molecular weight excluding hydrogens is 432 g/mol. The van der Waals surface area contributed by atoms with Gasteiger partial charge in [-0.25, -0.2) is 28.1 Å². The Kier molecular flexibility index (Phi) is 14.0. The van der Waals surface area contributed by atoms with Crippen molar-refractivity contribution >= 4 is 0 Å². The number of hydrogen-bond acceptors (Lipinski definition) is 9. The van der Waals surface area contributed by atoms with E-state index in [1.165, 1.54) is 0 Å². The van der Waals surface area contributed by atoms with Crippen LogP contribution in [-0.2, 0) is 33.8 Å². The molecule has 0 saturated heterocycles. The second-order valence-corrected chi connectivity index (χ2v) is 7.30. The molecule has 1 aromatic rings. The Morgan fingerprint density at radius 2 is 0.758 bits per heavy atom. The zero-order valence-electron chi connectivity index (χ0n) is 18.7. The average molecular weight is 463 g/mol. The molecule has 0 saturated carbocycles. The minimum atomic E-state index is -0.634. The summed E-state index contributed by atoms with van der Waals surface area (Å²) in [6.45, 7) is 1.32. The van der Waals surface area contributed by atoms with E-state index in [9.17, 15) is 14.4 Å². The van der Waals surface area contributed by atoms with Gasteiger partial charge in [-0.3, -0.25) is 0 Å². The lowest BCUT2D eigenvalue weighted by atomic mass is 10.2. The Bertz CT molecular complexity index is 848. The van der Waals surface area contributed by atoms with Crippen molar-refractivity contribution in [3.63, 3.8) is 0 Å². The molecule has 1 heterocycles. The molecule has 12 nitrogen and oxygen atoms in total. The number of unbranched alkanes of at least 4 members (excludes halogenated alkanes) is 6. The first kappa shape index (κ1) is 27.3. The van der Waals surface area contributed by atoms with Crippen LogP contribution in [0.25, 0.3) is 0 Å². The maximum Gasteiger partial charge on any atom is 0.336 e. The molecule has 0 aromatic carbocycles. The first-order valence-electron chi connectivity index (χ1n) is 11.1. The summed E-state index contributed by atoms with van der Waals surface area (Å²) < 4.78 is 17.1. The van der Waals surface area contributed by atoms with Crippen molar-refractivity contribution in [2.24, 2.45) is 0 Å². The standard InChI is InChI=1S/C21H30N6O6/c22-16-31-13-7-1-4-10-25-19(28)26(11-5-2-8-14-32-17-23)21(30)27(20(25)29)12-6-3-9-15-33-18-24/h1-15H2. The predicted molar refractivity (Wildman–Crippen MR) is 115 cm³/mol. The molecule has 12 heteroatoms. The lowest BCUT2D eigenvalue weighted by molar-refractivity contribution is 0.257. The normalized spacial score (nSPS) is 10.1. The van der Waals surface area contributed by atoms with Gasteiger partial charge < -0.3 is 14.2 Å². The van der Waals surface area contributed by atoms with Crippen molar-refractivity contribution in [3.05, 3.63) is 31.5 Å². The van der Waals surface area contributed by atoms with Gasteiger partial charge in [0.25, 0.3) is 18.8 Å². The quantitative estimate of drug-likeness (QED) is 0.230. The Morgan fingerprint density at radius 3 is 1.00 bits per heavy atom. The van der Waals surface area contributed by atoms with E-state index < -0.39 is 17.1 Å². The highest BCUT2D eigenvalue weighted by Crippen LogP contribution is 2.00. The molecule has 1 aromatic heterocycles. The van der Waals surface area contributed by atoms with Crippen LogP contribution < -0.4 is 17.1 Å². The molecule has 0 N–H and O–H groups in total. The summed E-state index contributed by atoms with van der Waals surface area (Å²) in [6.07, 6.45) is 10.2. The summed E-state index contributed by atoms with van der Waals surface area (Å²) in [5, 5.41) is 25.2. The number of rotatable bonds is 18. The van der Waals surface area contributed by atoms with Crippen LogP contribution >= 0.6 is 0 Å². The molecule has 1 rings (SSSR count). The van der Waals surface area contributed by atoms with Crippen LogP contribution in [0.4, 0.5) is 0 Å². The summed E-state index contributed by atoms with van der Waals surface area (Å²) in [5.74, 6) is 0. The number of ether oxygens (including phenoxy) is 3. The first-order chi connectivity index (χ1) is 16.1. The predicted octanol–water partition coefficient (Wildman–Crippen LogP) is 1.18. The van der Waals surface area contributed by atoms with Gasteiger partial charge in [0.05, 0.1) is 0 Å². The zero-order chi connectivity index (χ0) is 24.3. The molecule has 0 aliphatic heterocycles. The monoisotopic (exact) mass is 462 g/mol. The highest BCUT2D eigenvalue weighted by Gasteiger charge is 2.15. The molecule has 0 fully saturated rings. The minimum absolute atomic E-state index is 0.163. The van der Waals surface area contributed by atoms with Gasteiger partial charge >= 0.3 is 17.1 Å². The van der Waals surface area contributed by atoms with E-state index in [0.717, 1.165) is 13.7 Å². The molecule has 0 atom stereocenters. The molecular formula is C21H30N6O6. The van der Waals surface area contributed by atoms with Gasteiger partial charge in [-0.15, -0.1) is 0 Å². The van der Waals surface area contributed by atoms with E-state index in [4.69, 9.17) is 15.8 Å². The Hall–Kier alpha value is -3.72. The van der Waals surface area contributed by atoms with E-state index in [-0.39, 0.29) is 39.5 Å². The van der Waals surface area contributed by atoms with Gasteiger partial charge in [0.1, 0.15) is 19.8 Å². The number of hydrogen-bond donors (Lipinski definition) is 0. The molecule has 0 unspecified atom stereocenters. The van der Waals surface area contributed by atoms with Gasteiger partial charge in [-0.1, -0.05) is 0 Å². The highest BCUT2D eigenvalue weighted by molar-refractivity contribution is 4.79. The fourth-order valence-electron chi connectivity index (χ4n) is 3.26. The second kappa shape index (κ2) is 16.9. The molecule has 0 spiro atoms. The fourth-order valence-corrected chi connectivity index (χ4v) is 3.26. The molecule has 0 aliphatic carbocycles. The maximum absolute atomic E-state index is 12.9. The van der Waals surface area contributed by atoms with Gasteiger partial charge in [-0.05, 0) is 57.8 Å². The van der Waals surface area contributed by atoms with Gasteiger partial charge in [-0.2, -0.15) is 15.8 Å². The van der Waals surface area contributed by atoms with Crippen LogP contribution in [0.1, 0.15) is 57.8 Å². The SMILES string of the molecule is N#COCCCCCn1c(=O)n(CCCCCOC#N)c(=O)n(CCCCCOC#N)c1=O. The fraction of sp³-hybridized carbons (Fsp3) is 0.714. The molecule has 0 aliphatic rings. The number of aromatic nitrogens is 3. The Labute approximate surface area is 191 Å². The van der Waals surface area contributed by atoms with Crippen molar-refractivity contribution in [1.82, 2.24) is 13.7 Å². The minimum Gasteiger partial charge on any atom is -0.428 e. The summed E-state index contributed by atoms with van der Waals surface area (Å²) in [5.41, 5.74) is -1.90. The van der Waals surface area contributed by atoms with Crippen molar-refractivity contribution < 1.29 is 14.2 Å². The largest absolute Gasteiger partial charge is 0.428 e. The third-order valence-corrected chi connectivity index (χ3v) is 4.96. The van der Waals surface area contributed by atoms with E-state index in [1.54, 1.807) is 18.8 Å². The van der Waals surface area contributed by atoms with Crippen LogP contribution in [0.15, 0.2) is 14.4 Å². The lowest BCUT2D eigenvalue weighted by Crippen LogP contribution is -2.54. The zero-order valence-corrected chi connectivity index (χ0v) is 18.7. The second-order valence-electron chi connectivity index (χ2n) is 7.30. The van der Waals surface area contributed by atoms with E-state index in [0.29, 0.717) is 57.8 Å². The summed E-state index contributed by atoms with van der Waals surface area (Å²) >= 11 is 0. The van der Waals surface area contributed by atoms with Crippen LogP contribution in [0, 0.1) is 34.6 Å². The molecule has 33 heavy (non-hydrogen) atoms. The molecule has 0 amide bonds. The number of nitrogens with zero attached hydrogens (tertiary/aromatic N) is 6. The third kappa shape index (κ3) is 9.96. The van der Waals surface area contributed by atoms with Crippen molar-refractivity contribution in [1.29, 1.82) is 15.8 Å². The summed E-state index contributed by atoms with van der Waals surface area (Å²) in [6, 6.07) is 0. The van der Waals surface area contributed by atoms with Crippen molar-refractivity contribution in [2.45, 2.75) is 77.4 Å². The van der Waals surface area contributed by atoms with Crippen LogP contribution in [-0.4, -0.2) is 33.5 Å². The van der Waals surface area contributed by atoms with Crippen LogP contribution in [0.5, 0.6) is 0 Å². The molecule has 0 radical (unpaired) electrons. The van der Waals surface area contributed by atoms with Gasteiger partial charge in [0.2, 0.25) is 0 Å². The Morgan fingerprint density at radius 1 is 0.485 bits per heavy atom. The van der Waals surface area contributed by atoms with E-state index in [1.807, 2.05) is 0 Å². The summed E-state index contributed by atoms with van der Waals surface area (Å²) in [4.78, 5) is 38.6. The van der Waals surface area contributed by atoms with E-state index in [2.05, 4.69) is 14.2 Å².